The second-order valence-corrected chi connectivity index (χ2v) is 6.76. The third-order valence-electron chi connectivity index (χ3n) is 4.60. The van der Waals surface area contributed by atoms with Crippen molar-refractivity contribution in [1.82, 2.24) is 19.7 Å². The fourth-order valence-electron chi connectivity index (χ4n) is 3.15. The minimum atomic E-state index is -2.83. The summed E-state index contributed by atoms with van der Waals surface area (Å²) in [5.41, 5.74) is 1.22. The minimum absolute atomic E-state index is 0.0408. The van der Waals surface area contributed by atoms with E-state index in [0.717, 1.165) is 4.57 Å². The molecule has 0 bridgehead atoms. The molecule has 0 amide bonds. The van der Waals surface area contributed by atoms with E-state index >= 15 is 0 Å². The van der Waals surface area contributed by atoms with Crippen molar-refractivity contribution in [2.24, 2.45) is 0 Å². The number of para-hydroxylation sites is 2. The van der Waals surface area contributed by atoms with E-state index in [-0.39, 0.29) is 41.7 Å². The van der Waals surface area contributed by atoms with Crippen molar-refractivity contribution in [3.63, 3.8) is 0 Å². The van der Waals surface area contributed by atoms with E-state index in [1.165, 1.54) is 37.3 Å². The number of rotatable bonds is 7. The number of benzene rings is 2. The van der Waals surface area contributed by atoms with Crippen LogP contribution in [0.3, 0.4) is 0 Å². The fraction of sp³-hybridized carbons (Fsp3) is 0.238. The second-order valence-electron chi connectivity index (χ2n) is 6.76. The van der Waals surface area contributed by atoms with Gasteiger partial charge in [-0.25, -0.2) is 9.37 Å². The Hall–Kier alpha value is -3.69. The number of halogens is 3. The van der Waals surface area contributed by atoms with Gasteiger partial charge in [0.05, 0.1) is 17.5 Å². The van der Waals surface area contributed by atoms with Crippen LogP contribution in [-0.4, -0.2) is 25.7 Å². The molecule has 0 aliphatic heterocycles. The highest BCUT2D eigenvalue weighted by Crippen LogP contribution is 2.28. The highest BCUT2D eigenvalue weighted by molar-refractivity contribution is 5.76. The topological polar surface area (TPSA) is 83.0 Å². The number of hydrogen-bond acceptors (Lipinski definition) is 6. The Morgan fingerprint density at radius 3 is 2.61 bits per heavy atom. The molecule has 7 nitrogen and oxygen atoms in total. The molecular formula is C21H17F3N4O3. The molecule has 2 aromatic carbocycles. The van der Waals surface area contributed by atoms with Crippen molar-refractivity contribution in [2.75, 3.05) is 0 Å². The largest absolute Gasteiger partial charge is 0.454 e. The van der Waals surface area contributed by atoms with Gasteiger partial charge in [-0.1, -0.05) is 17.3 Å². The van der Waals surface area contributed by atoms with Crippen LogP contribution in [0.15, 0.2) is 53.1 Å². The SMILES string of the molecule is CC(OC(=O)CCc1nc(-c2ccc(F)cc2)no1)c1nc2ccccc2n1C(F)F. The van der Waals surface area contributed by atoms with Crippen LogP contribution in [0.2, 0.25) is 0 Å². The summed E-state index contributed by atoms with van der Waals surface area (Å²) in [6.07, 6.45) is -0.971. The van der Waals surface area contributed by atoms with Crippen LogP contribution in [0.4, 0.5) is 13.2 Å². The van der Waals surface area contributed by atoms with Gasteiger partial charge in [0.25, 0.3) is 0 Å². The number of esters is 1. The second kappa shape index (κ2) is 8.58. The molecule has 0 saturated carbocycles. The van der Waals surface area contributed by atoms with Crippen LogP contribution in [-0.2, 0) is 16.0 Å². The van der Waals surface area contributed by atoms with Gasteiger partial charge in [0.1, 0.15) is 5.82 Å². The van der Waals surface area contributed by atoms with Gasteiger partial charge in [-0.2, -0.15) is 13.8 Å². The van der Waals surface area contributed by atoms with Crippen molar-refractivity contribution in [2.45, 2.75) is 32.4 Å². The number of carbonyl (C=O) groups excluding carboxylic acids is 1. The first kappa shape index (κ1) is 20.6. The normalized spacial score (nSPS) is 12.4. The number of hydrogen-bond donors (Lipinski definition) is 0. The van der Waals surface area contributed by atoms with Gasteiger partial charge in [0.15, 0.2) is 11.9 Å². The molecule has 0 radical (unpaired) electrons. The Morgan fingerprint density at radius 1 is 1.13 bits per heavy atom. The zero-order valence-corrected chi connectivity index (χ0v) is 16.3. The lowest BCUT2D eigenvalue weighted by Crippen LogP contribution is -2.15. The summed E-state index contributed by atoms with van der Waals surface area (Å²) in [6.45, 7) is -1.34. The molecule has 0 N–H and O–H groups in total. The molecule has 0 aliphatic carbocycles. The third-order valence-corrected chi connectivity index (χ3v) is 4.60. The number of imidazole rings is 1. The Bertz CT molecular complexity index is 1200. The Labute approximate surface area is 174 Å². The zero-order valence-electron chi connectivity index (χ0n) is 16.3. The first-order valence-corrected chi connectivity index (χ1v) is 9.45. The summed E-state index contributed by atoms with van der Waals surface area (Å²) >= 11 is 0. The molecule has 0 spiro atoms. The van der Waals surface area contributed by atoms with Gasteiger partial charge in [0, 0.05) is 12.0 Å². The van der Waals surface area contributed by atoms with E-state index in [1.54, 1.807) is 18.2 Å². The molecule has 2 heterocycles. The predicted molar refractivity (Wildman–Crippen MR) is 104 cm³/mol. The van der Waals surface area contributed by atoms with Crippen LogP contribution in [0.25, 0.3) is 22.4 Å². The lowest BCUT2D eigenvalue weighted by molar-refractivity contribution is -0.149. The Morgan fingerprint density at radius 2 is 1.87 bits per heavy atom. The number of aryl methyl sites for hydroxylation is 1. The van der Waals surface area contributed by atoms with Crippen LogP contribution in [0.1, 0.15) is 37.7 Å². The van der Waals surface area contributed by atoms with Gasteiger partial charge in [-0.3, -0.25) is 9.36 Å². The van der Waals surface area contributed by atoms with Crippen molar-refractivity contribution in [1.29, 1.82) is 0 Å². The lowest BCUT2D eigenvalue weighted by atomic mass is 10.2. The smallest absolute Gasteiger partial charge is 0.320 e. The molecule has 2 aromatic heterocycles. The van der Waals surface area contributed by atoms with Crippen molar-refractivity contribution in [3.05, 3.63) is 66.1 Å². The van der Waals surface area contributed by atoms with E-state index in [0.29, 0.717) is 11.1 Å². The summed E-state index contributed by atoms with van der Waals surface area (Å²) in [6, 6.07) is 12.0. The average molecular weight is 430 g/mol. The maximum absolute atomic E-state index is 13.6. The number of nitrogens with zero attached hydrogens (tertiary/aromatic N) is 4. The Balaban J connectivity index is 1.40. The molecule has 10 heteroatoms. The van der Waals surface area contributed by atoms with Crippen molar-refractivity contribution in [3.8, 4) is 11.4 Å². The van der Waals surface area contributed by atoms with E-state index in [4.69, 9.17) is 9.26 Å². The molecular weight excluding hydrogens is 413 g/mol. The number of fused-ring (bicyclic) bond motifs is 1. The van der Waals surface area contributed by atoms with E-state index in [2.05, 4.69) is 15.1 Å². The van der Waals surface area contributed by atoms with E-state index < -0.39 is 18.6 Å². The zero-order chi connectivity index (χ0) is 22.0. The van der Waals surface area contributed by atoms with Gasteiger partial charge in [0.2, 0.25) is 11.7 Å². The summed E-state index contributed by atoms with van der Waals surface area (Å²) in [5.74, 6) is -0.585. The maximum atomic E-state index is 13.6. The molecule has 160 valence electrons. The van der Waals surface area contributed by atoms with Crippen LogP contribution in [0, 0.1) is 5.82 Å². The molecule has 31 heavy (non-hydrogen) atoms. The quantitative estimate of drug-likeness (QED) is 0.390. The summed E-state index contributed by atoms with van der Waals surface area (Å²) in [7, 11) is 0. The van der Waals surface area contributed by atoms with E-state index in [1.807, 2.05) is 0 Å². The molecule has 1 atom stereocenters. The van der Waals surface area contributed by atoms with Crippen LogP contribution < -0.4 is 0 Å². The Kier molecular flexibility index (Phi) is 5.70. The highest BCUT2D eigenvalue weighted by atomic mass is 19.3. The minimum Gasteiger partial charge on any atom is -0.454 e. The van der Waals surface area contributed by atoms with Crippen molar-refractivity contribution < 1.29 is 27.2 Å². The van der Waals surface area contributed by atoms with Gasteiger partial charge >= 0.3 is 12.5 Å². The van der Waals surface area contributed by atoms with Gasteiger partial charge in [-0.15, -0.1) is 0 Å². The molecule has 4 rings (SSSR count). The van der Waals surface area contributed by atoms with E-state index in [9.17, 15) is 18.0 Å². The van der Waals surface area contributed by atoms with Gasteiger partial charge < -0.3 is 9.26 Å². The summed E-state index contributed by atoms with van der Waals surface area (Å²) in [4.78, 5) is 20.6. The van der Waals surface area contributed by atoms with Crippen LogP contribution >= 0.6 is 0 Å². The first-order valence-electron chi connectivity index (χ1n) is 9.45. The molecule has 0 saturated heterocycles. The first-order chi connectivity index (χ1) is 14.9. The fourth-order valence-corrected chi connectivity index (χ4v) is 3.15. The molecule has 0 fully saturated rings. The molecule has 4 aromatic rings. The molecule has 0 aliphatic rings. The maximum Gasteiger partial charge on any atom is 0.320 e. The number of ether oxygens (including phenoxy) is 1. The standard InChI is InChI=1S/C21H17F3N4O3/c1-12(20-25-15-4-2-3-5-16(15)28(20)21(23)24)30-18(29)11-10-17-26-19(27-31-17)13-6-8-14(22)9-7-13/h2-9,12,21H,10-11H2,1H3. The summed E-state index contributed by atoms with van der Waals surface area (Å²) < 4.78 is 51.3. The monoisotopic (exact) mass is 430 g/mol. The third kappa shape index (κ3) is 4.42. The number of carbonyl (C=O) groups is 1. The average Bonchev–Trinajstić information content (AvgIpc) is 3.37. The van der Waals surface area contributed by atoms with Crippen molar-refractivity contribution >= 4 is 17.0 Å². The highest BCUT2D eigenvalue weighted by Gasteiger charge is 2.24. The van der Waals surface area contributed by atoms with Crippen LogP contribution in [0.5, 0.6) is 0 Å². The summed E-state index contributed by atoms with van der Waals surface area (Å²) in [5, 5.41) is 3.80. The molecule has 1 unspecified atom stereocenters. The number of alkyl halides is 2. The predicted octanol–water partition coefficient (Wildman–Crippen LogP) is 4.86. The van der Waals surface area contributed by atoms with Gasteiger partial charge in [-0.05, 0) is 43.3 Å². The lowest BCUT2D eigenvalue weighted by Gasteiger charge is -2.14. The number of aromatic nitrogens is 4.